The minimum atomic E-state index is -0.176. The lowest BCUT2D eigenvalue weighted by Crippen LogP contribution is -2.33. The van der Waals surface area contributed by atoms with Gasteiger partial charge in [-0.05, 0) is 37.1 Å². The molecule has 0 aliphatic carbocycles. The van der Waals surface area contributed by atoms with Crippen LogP contribution in [0, 0.1) is 13.8 Å². The first-order valence-corrected chi connectivity index (χ1v) is 9.58. The number of nitrogens with zero attached hydrogens (tertiary/aromatic N) is 7. The Bertz CT molecular complexity index is 1300. The highest BCUT2D eigenvalue weighted by molar-refractivity contribution is 5.66. The van der Waals surface area contributed by atoms with Gasteiger partial charge in [0.2, 0.25) is 0 Å². The zero-order chi connectivity index (χ0) is 20.1. The molecule has 5 heterocycles. The highest BCUT2D eigenvalue weighted by Gasteiger charge is 2.22. The molecule has 1 aliphatic rings. The van der Waals surface area contributed by atoms with Gasteiger partial charge in [-0.2, -0.15) is 9.61 Å². The molecular formula is C21H21N7O. The van der Waals surface area contributed by atoms with Crippen molar-refractivity contribution < 1.29 is 0 Å². The SMILES string of the molecule is Cc1cc2nccc(=O)n2nc1N1CCc2ncc(-c3cnn(C)c3C)cc2C1. The summed E-state index contributed by atoms with van der Waals surface area (Å²) in [6, 6.07) is 5.53. The summed E-state index contributed by atoms with van der Waals surface area (Å²) >= 11 is 0. The van der Waals surface area contributed by atoms with Crippen molar-refractivity contribution in [2.24, 2.45) is 7.05 Å². The van der Waals surface area contributed by atoms with Crippen LogP contribution in [0.25, 0.3) is 16.8 Å². The first-order chi connectivity index (χ1) is 14.0. The maximum atomic E-state index is 12.2. The van der Waals surface area contributed by atoms with E-state index in [0.717, 1.165) is 46.9 Å². The third-order valence-corrected chi connectivity index (χ3v) is 5.63. The Morgan fingerprint density at radius 2 is 1.97 bits per heavy atom. The molecule has 146 valence electrons. The molecule has 8 nitrogen and oxygen atoms in total. The first kappa shape index (κ1) is 17.5. The normalized spacial score (nSPS) is 13.7. The number of aryl methyl sites for hydroxylation is 2. The van der Waals surface area contributed by atoms with Gasteiger partial charge in [-0.1, -0.05) is 0 Å². The second kappa shape index (κ2) is 6.51. The van der Waals surface area contributed by atoms with Crippen LogP contribution < -0.4 is 10.5 Å². The molecule has 0 atom stereocenters. The summed E-state index contributed by atoms with van der Waals surface area (Å²) < 4.78 is 3.24. The number of fused-ring (bicyclic) bond motifs is 2. The fourth-order valence-electron chi connectivity index (χ4n) is 3.90. The van der Waals surface area contributed by atoms with Crippen LogP contribution in [0.5, 0.6) is 0 Å². The minimum absolute atomic E-state index is 0.176. The summed E-state index contributed by atoms with van der Waals surface area (Å²) in [5.74, 6) is 0.807. The maximum absolute atomic E-state index is 12.2. The van der Waals surface area contributed by atoms with E-state index in [4.69, 9.17) is 4.98 Å². The summed E-state index contributed by atoms with van der Waals surface area (Å²) in [5.41, 5.74) is 6.95. The van der Waals surface area contributed by atoms with E-state index in [-0.39, 0.29) is 5.56 Å². The van der Waals surface area contributed by atoms with Gasteiger partial charge < -0.3 is 4.90 Å². The second-order valence-corrected chi connectivity index (χ2v) is 7.47. The molecule has 0 saturated carbocycles. The summed E-state index contributed by atoms with van der Waals surface area (Å²) in [6.45, 7) is 5.57. The average Bonchev–Trinajstić information content (AvgIpc) is 3.05. The molecule has 0 amide bonds. The van der Waals surface area contributed by atoms with Crippen molar-refractivity contribution in [1.82, 2.24) is 29.4 Å². The van der Waals surface area contributed by atoms with Gasteiger partial charge in [0.05, 0.1) is 6.20 Å². The molecule has 0 aromatic carbocycles. The molecule has 0 spiro atoms. The van der Waals surface area contributed by atoms with Crippen molar-refractivity contribution in [2.75, 3.05) is 11.4 Å². The van der Waals surface area contributed by atoms with E-state index in [9.17, 15) is 4.79 Å². The summed E-state index contributed by atoms with van der Waals surface area (Å²) in [6.07, 6.45) is 6.17. The third-order valence-electron chi connectivity index (χ3n) is 5.63. The molecule has 0 N–H and O–H groups in total. The quantitative estimate of drug-likeness (QED) is 0.524. The van der Waals surface area contributed by atoms with Gasteiger partial charge in [-0.3, -0.25) is 14.5 Å². The van der Waals surface area contributed by atoms with Crippen LogP contribution in [0.15, 0.2) is 41.6 Å². The van der Waals surface area contributed by atoms with E-state index < -0.39 is 0 Å². The van der Waals surface area contributed by atoms with Crippen molar-refractivity contribution in [2.45, 2.75) is 26.8 Å². The van der Waals surface area contributed by atoms with E-state index in [2.05, 4.69) is 33.1 Å². The van der Waals surface area contributed by atoms with E-state index in [0.29, 0.717) is 12.2 Å². The number of aromatic nitrogens is 6. The Balaban J connectivity index is 1.54. The van der Waals surface area contributed by atoms with Gasteiger partial charge in [0.1, 0.15) is 0 Å². The molecule has 4 aromatic heterocycles. The smallest absolute Gasteiger partial charge is 0.274 e. The van der Waals surface area contributed by atoms with Crippen LogP contribution in [0.1, 0.15) is 22.5 Å². The lowest BCUT2D eigenvalue weighted by atomic mass is 10.0. The average molecular weight is 387 g/mol. The molecule has 0 saturated heterocycles. The predicted molar refractivity (Wildman–Crippen MR) is 110 cm³/mol. The van der Waals surface area contributed by atoms with Crippen LogP contribution in [-0.4, -0.2) is 35.9 Å². The Morgan fingerprint density at radius 1 is 1.10 bits per heavy atom. The van der Waals surface area contributed by atoms with E-state index in [1.165, 1.54) is 22.3 Å². The molecule has 1 aliphatic heterocycles. The Hall–Kier alpha value is -3.55. The lowest BCUT2D eigenvalue weighted by molar-refractivity contribution is 0.685. The topological polar surface area (TPSA) is 81.2 Å². The van der Waals surface area contributed by atoms with Gasteiger partial charge in [-0.15, -0.1) is 5.10 Å². The summed E-state index contributed by atoms with van der Waals surface area (Å²) in [7, 11) is 1.94. The van der Waals surface area contributed by atoms with Crippen molar-refractivity contribution >= 4 is 11.5 Å². The third kappa shape index (κ3) is 2.88. The molecule has 0 fully saturated rings. The van der Waals surface area contributed by atoms with E-state index in [1.54, 1.807) is 0 Å². The fraction of sp³-hybridized carbons (Fsp3) is 0.286. The molecule has 0 bridgehead atoms. The predicted octanol–water partition coefficient (Wildman–Crippen LogP) is 2.06. The van der Waals surface area contributed by atoms with Gasteiger partial charge in [0.15, 0.2) is 11.5 Å². The van der Waals surface area contributed by atoms with Crippen molar-refractivity contribution in [1.29, 1.82) is 0 Å². The number of pyridine rings is 1. The van der Waals surface area contributed by atoms with Crippen molar-refractivity contribution in [3.8, 4) is 11.1 Å². The Morgan fingerprint density at radius 3 is 2.76 bits per heavy atom. The highest BCUT2D eigenvalue weighted by Crippen LogP contribution is 2.29. The minimum Gasteiger partial charge on any atom is -0.350 e. The molecule has 8 heteroatoms. The Kier molecular flexibility index (Phi) is 3.94. The Labute approximate surface area is 167 Å². The van der Waals surface area contributed by atoms with E-state index >= 15 is 0 Å². The zero-order valence-electron chi connectivity index (χ0n) is 16.6. The standard InChI is InChI=1S/C21H21N7O/c1-13-8-19-22-6-4-20(29)28(19)25-21(13)27-7-5-18-16(12-27)9-15(10-23-18)17-11-24-26(3)14(17)2/h4,6,8-11H,5,7,12H2,1-3H3. The van der Waals surface area contributed by atoms with Gasteiger partial charge in [0.25, 0.3) is 5.56 Å². The van der Waals surface area contributed by atoms with E-state index in [1.807, 2.05) is 37.1 Å². The molecule has 0 radical (unpaired) electrons. The second-order valence-electron chi connectivity index (χ2n) is 7.47. The highest BCUT2D eigenvalue weighted by atomic mass is 16.1. The monoisotopic (exact) mass is 387 g/mol. The van der Waals surface area contributed by atoms with Crippen molar-refractivity contribution in [3.63, 3.8) is 0 Å². The van der Waals surface area contributed by atoms with Gasteiger partial charge in [-0.25, -0.2) is 4.98 Å². The molecule has 29 heavy (non-hydrogen) atoms. The maximum Gasteiger partial charge on any atom is 0.274 e. The molecule has 5 rings (SSSR count). The van der Waals surface area contributed by atoms with Gasteiger partial charge in [0, 0.05) is 67.5 Å². The number of anilines is 1. The molecular weight excluding hydrogens is 366 g/mol. The molecule has 0 unspecified atom stereocenters. The van der Waals surface area contributed by atoms with Crippen molar-refractivity contribution in [3.05, 3.63) is 69.7 Å². The fourth-order valence-corrected chi connectivity index (χ4v) is 3.90. The number of rotatable bonds is 2. The zero-order valence-corrected chi connectivity index (χ0v) is 16.6. The number of hydrogen-bond acceptors (Lipinski definition) is 6. The largest absolute Gasteiger partial charge is 0.350 e. The van der Waals surface area contributed by atoms with Crippen LogP contribution in [0.2, 0.25) is 0 Å². The lowest BCUT2D eigenvalue weighted by Gasteiger charge is -2.30. The van der Waals surface area contributed by atoms with Gasteiger partial charge >= 0.3 is 0 Å². The van der Waals surface area contributed by atoms with Crippen LogP contribution in [0.3, 0.4) is 0 Å². The van der Waals surface area contributed by atoms with Crippen LogP contribution >= 0.6 is 0 Å². The molecule has 4 aromatic rings. The summed E-state index contributed by atoms with van der Waals surface area (Å²) in [4.78, 5) is 23.3. The summed E-state index contributed by atoms with van der Waals surface area (Å²) in [5, 5.41) is 8.95. The van der Waals surface area contributed by atoms with Crippen LogP contribution in [-0.2, 0) is 20.0 Å². The first-order valence-electron chi connectivity index (χ1n) is 9.58. The van der Waals surface area contributed by atoms with Crippen LogP contribution in [0.4, 0.5) is 5.82 Å². The number of hydrogen-bond donors (Lipinski definition) is 0.